The second-order valence-corrected chi connectivity index (χ2v) is 8.11. The first-order valence-electron chi connectivity index (χ1n) is 10.8. The number of hydrogen-bond donors (Lipinski definition) is 1. The van der Waals surface area contributed by atoms with E-state index in [1.165, 1.54) is 17.3 Å². The van der Waals surface area contributed by atoms with Crippen LogP contribution in [0.4, 0.5) is 5.69 Å². The molecule has 0 saturated heterocycles. The first-order valence-corrected chi connectivity index (χ1v) is 11.8. The fourth-order valence-corrected chi connectivity index (χ4v) is 3.88. The Morgan fingerprint density at radius 3 is 2.42 bits per heavy atom. The van der Waals surface area contributed by atoms with Crippen LogP contribution in [0.15, 0.2) is 53.7 Å². The number of hydrogen-bond acceptors (Lipinski definition) is 5. The van der Waals surface area contributed by atoms with E-state index in [0.717, 1.165) is 60.4 Å². The van der Waals surface area contributed by atoms with Crippen LogP contribution in [-0.4, -0.2) is 33.0 Å². The molecule has 2 aromatic carbocycles. The molecule has 1 heterocycles. The van der Waals surface area contributed by atoms with Gasteiger partial charge in [-0.2, -0.15) is 0 Å². The molecule has 0 aliphatic rings. The molecule has 0 aliphatic carbocycles. The minimum Gasteiger partial charge on any atom is -0.494 e. The number of thioether (sulfide) groups is 1. The highest BCUT2D eigenvalue weighted by Crippen LogP contribution is 2.26. The highest BCUT2D eigenvalue weighted by atomic mass is 32.2. The van der Waals surface area contributed by atoms with Crippen molar-refractivity contribution in [3.8, 4) is 17.1 Å². The lowest BCUT2D eigenvalue weighted by atomic mass is 10.1. The maximum Gasteiger partial charge on any atom is 0.234 e. The van der Waals surface area contributed by atoms with Crippen molar-refractivity contribution in [2.75, 3.05) is 17.7 Å². The van der Waals surface area contributed by atoms with Gasteiger partial charge in [0.2, 0.25) is 5.91 Å². The van der Waals surface area contributed by atoms with Crippen molar-refractivity contribution >= 4 is 23.4 Å². The average molecular weight is 439 g/mol. The van der Waals surface area contributed by atoms with Crippen molar-refractivity contribution in [2.24, 2.45) is 0 Å². The Hall–Kier alpha value is -2.80. The van der Waals surface area contributed by atoms with Gasteiger partial charge < -0.3 is 14.6 Å². The summed E-state index contributed by atoms with van der Waals surface area (Å²) in [7, 11) is 0. The van der Waals surface area contributed by atoms with E-state index in [1.54, 1.807) is 0 Å². The van der Waals surface area contributed by atoms with Crippen molar-refractivity contribution in [1.82, 2.24) is 14.8 Å². The molecule has 0 fully saturated rings. The van der Waals surface area contributed by atoms with Gasteiger partial charge in [-0.1, -0.05) is 44.2 Å². The third-order valence-corrected chi connectivity index (χ3v) is 5.86. The van der Waals surface area contributed by atoms with Gasteiger partial charge in [0, 0.05) is 17.8 Å². The van der Waals surface area contributed by atoms with Crippen molar-refractivity contribution in [3.63, 3.8) is 0 Å². The summed E-state index contributed by atoms with van der Waals surface area (Å²) in [5.41, 5.74) is 3.03. The molecule has 31 heavy (non-hydrogen) atoms. The topological polar surface area (TPSA) is 69.0 Å². The summed E-state index contributed by atoms with van der Waals surface area (Å²) in [4.78, 5) is 12.4. The number of carbonyl (C=O) groups is 1. The second-order valence-electron chi connectivity index (χ2n) is 7.16. The highest BCUT2D eigenvalue weighted by molar-refractivity contribution is 7.99. The summed E-state index contributed by atoms with van der Waals surface area (Å²) >= 11 is 1.39. The molecule has 0 aliphatic heterocycles. The van der Waals surface area contributed by atoms with Gasteiger partial charge in [-0.15, -0.1) is 10.2 Å². The number of carbonyl (C=O) groups excluding carboxylic acids is 1. The van der Waals surface area contributed by atoms with E-state index in [1.807, 2.05) is 53.1 Å². The van der Waals surface area contributed by atoms with Crippen LogP contribution < -0.4 is 10.1 Å². The number of rotatable bonds is 11. The van der Waals surface area contributed by atoms with Crippen LogP contribution in [0.25, 0.3) is 11.4 Å². The first-order chi connectivity index (χ1) is 15.1. The lowest BCUT2D eigenvalue weighted by molar-refractivity contribution is -0.113. The van der Waals surface area contributed by atoms with Gasteiger partial charge in [0.25, 0.3) is 0 Å². The Morgan fingerprint density at radius 2 is 1.77 bits per heavy atom. The van der Waals surface area contributed by atoms with Gasteiger partial charge in [0.05, 0.1) is 12.4 Å². The Morgan fingerprint density at radius 1 is 1.03 bits per heavy atom. The molecule has 1 N–H and O–H groups in total. The van der Waals surface area contributed by atoms with Crippen LogP contribution in [0.1, 0.15) is 39.2 Å². The standard InChI is InChI=1S/C24H30N4O2S/c1-4-7-16-30-21-14-10-19(11-15-21)23-26-27-24(28(23)6-3)31-17-22(29)25-20-12-8-18(5-2)9-13-20/h8-15H,4-7,16-17H2,1-3H3,(H,25,29). The zero-order valence-corrected chi connectivity index (χ0v) is 19.2. The van der Waals surface area contributed by atoms with E-state index < -0.39 is 0 Å². The molecular formula is C24H30N4O2S. The van der Waals surface area contributed by atoms with E-state index in [4.69, 9.17) is 4.74 Å². The largest absolute Gasteiger partial charge is 0.494 e. The van der Waals surface area contributed by atoms with Gasteiger partial charge >= 0.3 is 0 Å². The smallest absolute Gasteiger partial charge is 0.234 e. The van der Waals surface area contributed by atoms with E-state index in [-0.39, 0.29) is 11.7 Å². The van der Waals surface area contributed by atoms with E-state index >= 15 is 0 Å². The zero-order chi connectivity index (χ0) is 22.1. The van der Waals surface area contributed by atoms with Gasteiger partial charge in [0.15, 0.2) is 11.0 Å². The van der Waals surface area contributed by atoms with Gasteiger partial charge in [-0.05, 0) is 61.7 Å². The van der Waals surface area contributed by atoms with Crippen LogP contribution in [0.5, 0.6) is 5.75 Å². The highest BCUT2D eigenvalue weighted by Gasteiger charge is 2.15. The molecule has 164 valence electrons. The SMILES string of the molecule is CCCCOc1ccc(-c2nnc(SCC(=O)Nc3ccc(CC)cc3)n2CC)cc1. The summed E-state index contributed by atoms with van der Waals surface area (Å²) in [6.07, 6.45) is 3.14. The number of nitrogens with zero attached hydrogens (tertiary/aromatic N) is 3. The van der Waals surface area contributed by atoms with Gasteiger partial charge in [-0.25, -0.2) is 0 Å². The third-order valence-electron chi connectivity index (χ3n) is 4.89. The Kier molecular flexibility index (Phi) is 8.53. The van der Waals surface area contributed by atoms with Gasteiger partial charge in [0.1, 0.15) is 5.75 Å². The molecular weight excluding hydrogens is 408 g/mol. The zero-order valence-electron chi connectivity index (χ0n) is 18.4. The van der Waals surface area contributed by atoms with Crippen LogP contribution in [0, 0.1) is 0 Å². The predicted octanol–water partition coefficient (Wildman–Crippen LogP) is 5.44. The fourth-order valence-electron chi connectivity index (χ4n) is 3.08. The Balaban J connectivity index is 1.60. The molecule has 0 spiro atoms. The summed E-state index contributed by atoms with van der Waals surface area (Å²) < 4.78 is 7.76. The monoisotopic (exact) mass is 438 g/mol. The van der Waals surface area contributed by atoms with Gasteiger partial charge in [-0.3, -0.25) is 4.79 Å². The molecule has 0 unspecified atom stereocenters. The van der Waals surface area contributed by atoms with Crippen molar-refractivity contribution in [3.05, 3.63) is 54.1 Å². The number of nitrogens with one attached hydrogen (secondary N) is 1. The molecule has 7 heteroatoms. The normalized spacial score (nSPS) is 10.8. The second kappa shape index (κ2) is 11.6. The number of aromatic nitrogens is 3. The van der Waals surface area contributed by atoms with E-state index in [9.17, 15) is 4.79 Å². The summed E-state index contributed by atoms with van der Waals surface area (Å²) in [6.45, 7) is 7.76. The van der Waals surface area contributed by atoms with E-state index in [2.05, 4.69) is 36.3 Å². The van der Waals surface area contributed by atoms with Crippen LogP contribution in [0.2, 0.25) is 0 Å². The molecule has 3 rings (SSSR count). The maximum atomic E-state index is 12.4. The molecule has 3 aromatic rings. The number of aryl methyl sites for hydroxylation is 1. The Labute approximate surface area is 188 Å². The van der Waals surface area contributed by atoms with E-state index in [0.29, 0.717) is 0 Å². The van der Waals surface area contributed by atoms with Crippen LogP contribution in [0.3, 0.4) is 0 Å². The summed E-state index contributed by atoms with van der Waals surface area (Å²) in [6, 6.07) is 15.9. The number of unbranched alkanes of at least 4 members (excludes halogenated alkanes) is 1. The molecule has 1 amide bonds. The number of amides is 1. The molecule has 0 saturated carbocycles. The predicted molar refractivity (Wildman–Crippen MR) is 127 cm³/mol. The summed E-state index contributed by atoms with van der Waals surface area (Å²) in [5, 5.41) is 12.3. The molecule has 0 atom stereocenters. The minimum absolute atomic E-state index is 0.0602. The summed E-state index contributed by atoms with van der Waals surface area (Å²) in [5.74, 6) is 1.87. The van der Waals surface area contributed by atoms with Crippen molar-refractivity contribution < 1.29 is 9.53 Å². The lowest BCUT2D eigenvalue weighted by Gasteiger charge is -2.09. The fraction of sp³-hybridized carbons (Fsp3) is 0.375. The molecule has 1 aromatic heterocycles. The third kappa shape index (κ3) is 6.34. The Bertz CT molecular complexity index is 968. The molecule has 0 bridgehead atoms. The van der Waals surface area contributed by atoms with Crippen molar-refractivity contribution in [2.45, 2.75) is 51.7 Å². The lowest BCUT2D eigenvalue weighted by Crippen LogP contribution is -2.14. The minimum atomic E-state index is -0.0602. The number of anilines is 1. The molecule has 6 nitrogen and oxygen atoms in total. The number of ether oxygens (including phenoxy) is 1. The number of benzene rings is 2. The average Bonchev–Trinajstić information content (AvgIpc) is 3.22. The van der Waals surface area contributed by atoms with Crippen molar-refractivity contribution in [1.29, 1.82) is 0 Å². The van der Waals surface area contributed by atoms with Crippen LogP contribution in [-0.2, 0) is 17.8 Å². The maximum absolute atomic E-state index is 12.4. The quantitative estimate of drug-likeness (QED) is 0.319. The van der Waals surface area contributed by atoms with Crippen LogP contribution >= 0.6 is 11.8 Å². The first kappa shape index (κ1) is 22.9. The molecule has 0 radical (unpaired) electrons.